The molecule has 0 spiro atoms. The van der Waals surface area contributed by atoms with E-state index in [0.29, 0.717) is 5.75 Å². The van der Waals surface area contributed by atoms with Crippen molar-refractivity contribution in [2.45, 2.75) is 12.5 Å². The molecule has 1 heterocycles. The van der Waals surface area contributed by atoms with Gasteiger partial charge in [-0.25, -0.2) is 4.79 Å². The first-order valence-corrected chi connectivity index (χ1v) is 10.0. The minimum atomic E-state index is -1.21. The monoisotopic (exact) mass is 433 g/mol. The molecule has 1 aromatic heterocycles. The Morgan fingerprint density at radius 3 is 2.67 bits per heavy atom. The van der Waals surface area contributed by atoms with Gasteiger partial charge >= 0.3 is 5.97 Å². The number of hydrogen-bond donors (Lipinski definition) is 3. The molecule has 0 radical (unpaired) electrons. The van der Waals surface area contributed by atoms with E-state index in [4.69, 9.17) is 4.42 Å². The Hall–Kier alpha value is -3.60. The number of non-ortho nitro benzene ring substituents is 1. The van der Waals surface area contributed by atoms with Crippen LogP contribution >= 0.6 is 11.8 Å². The Morgan fingerprint density at radius 1 is 1.30 bits per heavy atom. The molecule has 0 aliphatic carbocycles. The fourth-order valence-electron chi connectivity index (χ4n) is 2.36. The van der Waals surface area contributed by atoms with Crippen LogP contribution < -0.4 is 10.6 Å². The molecule has 2 aromatic rings. The zero-order valence-corrected chi connectivity index (χ0v) is 16.7. The van der Waals surface area contributed by atoms with Crippen molar-refractivity contribution in [3.05, 3.63) is 69.8 Å². The summed E-state index contributed by atoms with van der Waals surface area (Å²) in [5.41, 5.74) is -0.594. The molecular weight excluding hydrogens is 414 g/mol. The third-order valence-electron chi connectivity index (χ3n) is 3.86. The van der Waals surface area contributed by atoms with Gasteiger partial charge in [-0.05, 0) is 36.6 Å². The Labute approximate surface area is 175 Å². The van der Waals surface area contributed by atoms with Crippen LogP contribution in [0.25, 0.3) is 6.08 Å². The lowest BCUT2D eigenvalue weighted by Gasteiger charge is -2.16. The third-order valence-corrected chi connectivity index (χ3v) is 4.50. The molecule has 0 fully saturated rings. The van der Waals surface area contributed by atoms with Gasteiger partial charge in [0.15, 0.2) is 0 Å². The lowest BCUT2D eigenvalue weighted by molar-refractivity contribution is -0.384. The normalized spacial score (nSPS) is 12.1. The molecule has 2 rings (SSSR count). The zero-order chi connectivity index (χ0) is 22.1. The number of hydrogen-bond acceptors (Lipinski definition) is 7. The van der Waals surface area contributed by atoms with Crippen molar-refractivity contribution in [1.82, 2.24) is 10.6 Å². The van der Waals surface area contributed by atoms with Gasteiger partial charge in [-0.3, -0.25) is 19.7 Å². The van der Waals surface area contributed by atoms with Crippen LogP contribution in [-0.2, 0) is 9.59 Å². The summed E-state index contributed by atoms with van der Waals surface area (Å²) in [5, 5.41) is 25.0. The zero-order valence-electron chi connectivity index (χ0n) is 15.9. The topological polar surface area (TPSA) is 152 Å². The number of nitro groups is 1. The number of rotatable bonds is 10. The number of carbonyl (C=O) groups is 3. The molecule has 1 aromatic carbocycles. The highest BCUT2D eigenvalue weighted by atomic mass is 32.2. The van der Waals surface area contributed by atoms with E-state index >= 15 is 0 Å². The Morgan fingerprint density at radius 2 is 2.07 bits per heavy atom. The van der Waals surface area contributed by atoms with E-state index in [2.05, 4.69) is 10.6 Å². The second-order valence-electron chi connectivity index (χ2n) is 5.98. The van der Waals surface area contributed by atoms with E-state index in [1.165, 1.54) is 48.4 Å². The number of thioether (sulfide) groups is 1. The summed E-state index contributed by atoms with van der Waals surface area (Å²) in [6.07, 6.45) is 4.59. The van der Waals surface area contributed by atoms with Gasteiger partial charge in [-0.2, -0.15) is 11.8 Å². The summed E-state index contributed by atoms with van der Waals surface area (Å²) in [6, 6.07) is 6.94. The van der Waals surface area contributed by atoms with Crippen molar-refractivity contribution < 1.29 is 28.8 Å². The second-order valence-corrected chi connectivity index (χ2v) is 6.97. The van der Waals surface area contributed by atoms with Crippen molar-refractivity contribution in [3.63, 3.8) is 0 Å². The van der Waals surface area contributed by atoms with Crippen LogP contribution in [0.1, 0.15) is 22.5 Å². The molecule has 11 heteroatoms. The van der Waals surface area contributed by atoms with E-state index in [1.807, 2.05) is 6.26 Å². The predicted molar refractivity (Wildman–Crippen MR) is 110 cm³/mol. The van der Waals surface area contributed by atoms with E-state index in [9.17, 15) is 29.6 Å². The van der Waals surface area contributed by atoms with Crippen LogP contribution in [0.3, 0.4) is 0 Å². The highest BCUT2D eigenvalue weighted by molar-refractivity contribution is 7.98. The largest absolute Gasteiger partial charge is 0.480 e. The van der Waals surface area contributed by atoms with Gasteiger partial charge in [-0.1, -0.05) is 6.07 Å². The Bertz CT molecular complexity index is 957. The SMILES string of the molecule is CSCC[C@@H](NC(=O)/C(=C/c1ccco1)NC(=O)c1cccc([N+](=O)[O-])c1)C(=O)O. The van der Waals surface area contributed by atoms with Crippen LogP contribution in [0.5, 0.6) is 0 Å². The number of carboxylic acid groups (broad SMARTS) is 1. The average molecular weight is 433 g/mol. The molecule has 1 atom stereocenters. The molecule has 30 heavy (non-hydrogen) atoms. The molecule has 0 bridgehead atoms. The summed E-state index contributed by atoms with van der Waals surface area (Å²) in [7, 11) is 0. The first-order chi connectivity index (χ1) is 14.3. The Kier molecular flexibility index (Phi) is 8.18. The number of nitro benzene ring substituents is 1. The van der Waals surface area contributed by atoms with Crippen LogP contribution in [0.2, 0.25) is 0 Å². The number of furan rings is 1. The predicted octanol–water partition coefficient (Wildman–Crippen LogP) is 2.28. The highest BCUT2D eigenvalue weighted by Crippen LogP contribution is 2.14. The minimum Gasteiger partial charge on any atom is -0.480 e. The van der Waals surface area contributed by atoms with Crippen LogP contribution in [0, 0.1) is 10.1 Å². The van der Waals surface area contributed by atoms with Crippen LogP contribution in [0.15, 0.2) is 52.8 Å². The van der Waals surface area contributed by atoms with Gasteiger partial charge in [0.05, 0.1) is 11.2 Å². The summed E-state index contributed by atoms with van der Waals surface area (Å²) < 4.78 is 5.15. The van der Waals surface area contributed by atoms with Crippen molar-refractivity contribution in [2.24, 2.45) is 0 Å². The van der Waals surface area contributed by atoms with Crippen LogP contribution in [0.4, 0.5) is 5.69 Å². The lowest BCUT2D eigenvalue weighted by atomic mass is 10.1. The Balaban J connectivity index is 2.26. The molecule has 0 saturated carbocycles. The quantitative estimate of drug-likeness (QED) is 0.293. The molecular formula is C19H19N3O7S. The third kappa shape index (κ3) is 6.48. The smallest absolute Gasteiger partial charge is 0.326 e. The maximum Gasteiger partial charge on any atom is 0.326 e. The number of amides is 2. The molecule has 0 aliphatic heterocycles. The number of aliphatic carboxylic acids is 1. The maximum atomic E-state index is 12.7. The van der Waals surface area contributed by atoms with Gasteiger partial charge in [0.25, 0.3) is 17.5 Å². The minimum absolute atomic E-state index is 0.0421. The van der Waals surface area contributed by atoms with Gasteiger partial charge in [0.1, 0.15) is 17.5 Å². The number of carbonyl (C=O) groups excluding carboxylic acids is 2. The molecule has 0 unspecified atom stereocenters. The van der Waals surface area contributed by atoms with E-state index in [0.717, 1.165) is 6.07 Å². The maximum absolute atomic E-state index is 12.7. The highest BCUT2D eigenvalue weighted by Gasteiger charge is 2.23. The van der Waals surface area contributed by atoms with Crippen molar-refractivity contribution in [3.8, 4) is 0 Å². The fraction of sp³-hybridized carbons (Fsp3) is 0.211. The van der Waals surface area contributed by atoms with E-state index in [1.54, 1.807) is 6.07 Å². The molecule has 0 saturated heterocycles. The molecule has 158 valence electrons. The summed E-state index contributed by atoms with van der Waals surface area (Å²) >= 11 is 1.43. The van der Waals surface area contributed by atoms with Crippen molar-refractivity contribution in [2.75, 3.05) is 12.0 Å². The number of benzene rings is 1. The standard InChI is InChI=1S/C19H19N3O7S/c1-30-9-7-15(19(25)26)20-18(24)16(11-14-6-3-8-29-14)21-17(23)12-4-2-5-13(10-12)22(27)28/h2-6,8,10-11,15H,7,9H2,1H3,(H,20,24)(H,21,23)(H,25,26)/b16-11-/t15-/m1/s1. The molecule has 10 nitrogen and oxygen atoms in total. The average Bonchev–Trinajstić information content (AvgIpc) is 3.23. The van der Waals surface area contributed by atoms with Gasteiger partial charge in [0, 0.05) is 23.8 Å². The first kappa shape index (κ1) is 22.7. The van der Waals surface area contributed by atoms with Crippen molar-refractivity contribution in [1.29, 1.82) is 0 Å². The number of nitrogens with zero attached hydrogens (tertiary/aromatic N) is 1. The summed E-state index contributed by atoms with van der Waals surface area (Å²) in [6.45, 7) is 0. The fourth-order valence-corrected chi connectivity index (χ4v) is 2.83. The molecule has 0 aliphatic rings. The first-order valence-electron chi connectivity index (χ1n) is 8.65. The lowest BCUT2D eigenvalue weighted by Crippen LogP contribution is -2.44. The van der Waals surface area contributed by atoms with Gasteiger partial charge < -0.3 is 20.2 Å². The summed E-state index contributed by atoms with van der Waals surface area (Å²) in [5.74, 6) is -2.06. The molecule has 3 N–H and O–H groups in total. The molecule has 2 amide bonds. The van der Waals surface area contributed by atoms with E-state index < -0.39 is 28.7 Å². The van der Waals surface area contributed by atoms with Gasteiger partial charge in [0.2, 0.25) is 0 Å². The summed E-state index contributed by atoms with van der Waals surface area (Å²) in [4.78, 5) is 46.9. The van der Waals surface area contributed by atoms with E-state index in [-0.39, 0.29) is 29.1 Å². The number of nitrogens with one attached hydrogen (secondary N) is 2. The van der Waals surface area contributed by atoms with Crippen molar-refractivity contribution >= 4 is 41.3 Å². The number of carboxylic acids is 1. The van der Waals surface area contributed by atoms with Crippen LogP contribution in [-0.4, -0.2) is 45.9 Å². The second kappa shape index (κ2) is 10.8. The van der Waals surface area contributed by atoms with Gasteiger partial charge in [-0.15, -0.1) is 0 Å².